The molecule has 0 bridgehead atoms. The number of hydrogen-bond acceptors (Lipinski definition) is 4. The second-order valence-electron chi connectivity index (χ2n) is 5.39. The number of nitrogens with one attached hydrogen (secondary N) is 1. The third-order valence-corrected chi connectivity index (χ3v) is 3.90. The Balaban J connectivity index is 1.63. The molecule has 0 unspecified atom stereocenters. The minimum absolute atomic E-state index is 0.257. The van der Waals surface area contributed by atoms with Gasteiger partial charge in [0, 0.05) is 25.6 Å². The highest BCUT2D eigenvalue weighted by molar-refractivity contribution is 5.80. The minimum Gasteiger partial charge on any atom is -0.409 e. The monoisotopic (exact) mass is 241 g/mol. The SMILES string of the molecule is CCOC1CC(NCC2(CC(N)=NO)CC2)C1. The molecule has 0 radical (unpaired) electrons. The molecule has 2 aliphatic rings. The second-order valence-corrected chi connectivity index (χ2v) is 5.39. The lowest BCUT2D eigenvalue weighted by Crippen LogP contribution is -2.47. The Hall–Kier alpha value is -0.810. The van der Waals surface area contributed by atoms with Crippen LogP contribution in [0.4, 0.5) is 0 Å². The Labute approximate surface area is 102 Å². The first kappa shape index (κ1) is 12.6. The minimum atomic E-state index is 0.257. The van der Waals surface area contributed by atoms with Crippen molar-refractivity contribution in [3.63, 3.8) is 0 Å². The van der Waals surface area contributed by atoms with Crippen molar-refractivity contribution in [2.75, 3.05) is 13.2 Å². The summed E-state index contributed by atoms with van der Waals surface area (Å²) in [5.41, 5.74) is 5.82. The Morgan fingerprint density at radius 1 is 1.53 bits per heavy atom. The van der Waals surface area contributed by atoms with Crippen LogP contribution in [0.5, 0.6) is 0 Å². The summed E-state index contributed by atoms with van der Waals surface area (Å²) in [5.74, 6) is 0.352. The zero-order chi connectivity index (χ0) is 12.3. The summed E-state index contributed by atoms with van der Waals surface area (Å²) in [6.07, 6.45) is 5.76. The van der Waals surface area contributed by atoms with Crippen LogP contribution in [0.1, 0.15) is 39.0 Å². The van der Waals surface area contributed by atoms with Gasteiger partial charge in [0.2, 0.25) is 0 Å². The van der Waals surface area contributed by atoms with Crippen LogP contribution in [0.3, 0.4) is 0 Å². The highest BCUT2D eigenvalue weighted by Gasteiger charge is 2.44. The summed E-state index contributed by atoms with van der Waals surface area (Å²) in [7, 11) is 0. The first-order valence-corrected chi connectivity index (χ1v) is 6.49. The Morgan fingerprint density at radius 2 is 2.24 bits per heavy atom. The molecule has 2 rings (SSSR count). The Kier molecular flexibility index (Phi) is 3.89. The van der Waals surface area contributed by atoms with Crippen molar-refractivity contribution in [2.24, 2.45) is 16.3 Å². The summed E-state index contributed by atoms with van der Waals surface area (Å²) in [6.45, 7) is 3.83. The van der Waals surface area contributed by atoms with E-state index in [2.05, 4.69) is 10.5 Å². The maximum atomic E-state index is 8.58. The lowest BCUT2D eigenvalue weighted by Gasteiger charge is -2.36. The number of nitrogens with zero attached hydrogens (tertiary/aromatic N) is 1. The fourth-order valence-corrected chi connectivity index (χ4v) is 2.48. The average molecular weight is 241 g/mol. The Bertz CT molecular complexity index is 283. The number of rotatable bonds is 7. The van der Waals surface area contributed by atoms with Crippen molar-refractivity contribution >= 4 is 5.84 Å². The summed E-state index contributed by atoms with van der Waals surface area (Å²) in [4.78, 5) is 0. The van der Waals surface area contributed by atoms with Crippen molar-refractivity contribution in [1.82, 2.24) is 5.32 Å². The van der Waals surface area contributed by atoms with E-state index in [-0.39, 0.29) is 5.41 Å². The molecule has 0 aromatic rings. The molecule has 17 heavy (non-hydrogen) atoms. The second kappa shape index (κ2) is 5.23. The highest BCUT2D eigenvalue weighted by atomic mass is 16.5. The molecule has 0 atom stereocenters. The van der Waals surface area contributed by atoms with Gasteiger partial charge in [-0.3, -0.25) is 0 Å². The molecule has 0 aliphatic heterocycles. The first-order valence-electron chi connectivity index (χ1n) is 6.49. The molecule has 0 heterocycles. The summed E-state index contributed by atoms with van der Waals surface area (Å²) < 4.78 is 5.53. The van der Waals surface area contributed by atoms with Gasteiger partial charge in [0.1, 0.15) is 5.84 Å². The molecule has 5 heteroatoms. The highest BCUT2D eigenvalue weighted by Crippen LogP contribution is 2.48. The fraction of sp³-hybridized carbons (Fsp3) is 0.917. The maximum absolute atomic E-state index is 8.58. The van der Waals surface area contributed by atoms with E-state index in [9.17, 15) is 0 Å². The van der Waals surface area contributed by atoms with Crippen LogP contribution >= 0.6 is 0 Å². The van der Waals surface area contributed by atoms with Gasteiger partial charge in [-0.15, -0.1) is 0 Å². The van der Waals surface area contributed by atoms with Gasteiger partial charge in [0.15, 0.2) is 0 Å². The van der Waals surface area contributed by atoms with Gasteiger partial charge >= 0.3 is 0 Å². The van der Waals surface area contributed by atoms with Crippen LogP contribution in [0.15, 0.2) is 5.16 Å². The number of amidine groups is 1. The van der Waals surface area contributed by atoms with Crippen molar-refractivity contribution in [3.05, 3.63) is 0 Å². The lowest BCUT2D eigenvalue weighted by molar-refractivity contribution is -0.0108. The molecule has 2 saturated carbocycles. The van der Waals surface area contributed by atoms with Crippen molar-refractivity contribution in [1.29, 1.82) is 0 Å². The zero-order valence-electron chi connectivity index (χ0n) is 10.5. The van der Waals surface area contributed by atoms with Gasteiger partial charge in [-0.05, 0) is 38.0 Å². The van der Waals surface area contributed by atoms with Gasteiger partial charge in [-0.1, -0.05) is 5.16 Å². The number of hydrogen-bond donors (Lipinski definition) is 3. The molecule has 2 fully saturated rings. The van der Waals surface area contributed by atoms with Crippen LogP contribution < -0.4 is 11.1 Å². The summed E-state index contributed by atoms with van der Waals surface area (Å²) in [5, 5.41) is 15.2. The molecule has 0 spiro atoms. The summed E-state index contributed by atoms with van der Waals surface area (Å²) >= 11 is 0. The van der Waals surface area contributed by atoms with Crippen LogP contribution in [0.2, 0.25) is 0 Å². The quantitative estimate of drug-likeness (QED) is 0.269. The Morgan fingerprint density at radius 3 is 2.76 bits per heavy atom. The van der Waals surface area contributed by atoms with Crippen molar-refractivity contribution in [2.45, 2.75) is 51.2 Å². The maximum Gasteiger partial charge on any atom is 0.139 e. The van der Waals surface area contributed by atoms with E-state index < -0.39 is 0 Å². The van der Waals surface area contributed by atoms with Crippen molar-refractivity contribution < 1.29 is 9.94 Å². The van der Waals surface area contributed by atoms with E-state index in [1.807, 2.05) is 6.92 Å². The molecule has 4 N–H and O–H groups in total. The standard InChI is InChI=1S/C12H23N3O2/c1-2-17-10-5-9(6-10)14-8-12(3-4-12)7-11(13)15-16/h9-10,14,16H,2-8H2,1H3,(H2,13,15). The van der Waals surface area contributed by atoms with E-state index in [0.717, 1.165) is 26.0 Å². The molecule has 0 amide bonds. The largest absolute Gasteiger partial charge is 0.409 e. The van der Waals surface area contributed by atoms with Crippen LogP contribution in [0, 0.1) is 5.41 Å². The first-order chi connectivity index (χ1) is 8.17. The molecular formula is C12H23N3O2. The normalized spacial score (nSPS) is 31.0. The lowest BCUT2D eigenvalue weighted by atomic mass is 9.88. The number of oxime groups is 1. The molecule has 0 aromatic carbocycles. The summed E-state index contributed by atoms with van der Waals surface area (Å²) in [6, 6.07) is 0.594. The van der Waals surface area contributed by atoms with Crippen LogP contribution in [0.25, 0.3) is 0 Å². The molecule has 0 aromatic heterocycles. The average Bonchev–Trinajstić information content (AvgIpc) is 3.01. The van der Waals surface area contributed by atoms with E-state index >= 15 is 0 Å². The van der Waals surface area contributed by atoms with Crippen LogP contribution in [-0.4, -0.2) is 36.3 Å². The fourth-order valence-electron chi connectivity index (χ4n) is 2.48. The third-order valence-electron chi connectivity index (χ3n) is 3.90. The molecule has 98 valence electrons. The predicted octanol–water partition coefficient (Wildman–Crippen LogP) is 1.06. The number of ether oxygens (including phenoxy) is 1. The van der Waals surface area contributed by atoms with E-state index in [0.29, 0.717) is 24.4 Å². The smallest absolute Gasteiger partial charge is 0.139 e. The van der Waals surface area contributed by atoms with Gasteiger partial charge < -0.3 is 21.0 Å². The zero-order valence-corrected chi connectivity index (χ0v) is 10.5. The molecular weight excluding hydrogens is 218 g/mol. The van der Waals surface area contributed by atoms with Gasteiger partial charge in [-0.2, -0.15) is 0 Å². The molecule has 0 saturated heterocycles. The van der Waals surface area contributed by atoms with Crippen molar-refractivity contribution in [3.8, 4) is 0 Å². The number of nitrogens with two attached hydrogens (primary N) is 1. The predicted molar refractivity (Wildman–Crippen MR) is 66.1 cm³/mol. The molecule has 2 aliphatic carbocycles. The van der Waals surface area contributed by atoms with Gasteiger partial charge in [0.05, 0.1) is 6.10 Å². The van der Waals surface area contributed by atoms with E-state index in [4.69, 9.17) is 15.7 Å². The van der Waals surface area contributed by atoms with Gasteiger partial charge in [-0.25, -0.2) is 0 Å². The third kappa shape index (κ3) is 3.33. The van der Waals surface area contributed by atoms with Crippen LogP contribution in [-0.2, 0) is 4.74 Å². The van der Waals surface area contributed by atoms with E-state index in [1.54, 1.807) is 0 Å². The topological polar surface area (TPSA) is 79.9 Å². The van der Waals surface area contributed by atoms with E-state index in [1.165, 1.54) is 12.8 Å². The molecule has 5 nitrogen and oxygen atoms in total. The van der Waals surface area contributed by atoms with Gasteiger partial charge in [0.25, 0.3) is 0 Å².